The minimum Gasteiger partial charge on any atom is -0.462 e. The number of carbonyl (C=O) groups is 1. The van der Waals surface area contributed by atoms with Crippen molar-refractivity contribution in [1.29, 1.82) is 5.26 Å². The van der Waals surface area contributed by atoms with E-state index >= 15 is 0 Å². The van der Waals surface area contributed by atoms with E-state index < -0.39 is 18.0 Å². The van der Waals surface area contributed by atoms with Crippen molar-refractivity contribution in [2.45, 2.75) is 13.3 Å². The molecule has 0 aliphatic rings. The van der Waals surface area contributed by atoms with E-state index in [1.165, 1.54) is 12.1 Å². The second-order valence-corrected chi connectivity index (χ2v) is 4.18. The molecular formula is C11H8F2INO2. The summed E-state index contributed by atoms with van der Waals surface area (Å²) in [6.07, 6.45) is -2.82. The predicted molar refractivity (Wildman–Crippen MR) is 64.8 cm³/mol. The molecule has 1 aromatic rings. The maximum Gasteiger partial charge on any atom is 0.340 e. The molecule has 0 aliphatic heterocycles. The van der Waals surface area contributed by atoms with E-state index in [9.17, 15) is 13.6 Å². The summed E-state index contributed by atoms with van der Waals surface area (Å²) < 4.78 is 30.7. The molecule has 3 nitrogen and oxygen atoms in total. The topological polar surface area (TPSA) is 50.1 Å². The largest absolute Gasteiger partial charge is 0.462 e. The van der Waals surface area contributed by atoms with E-state index in [2.05, 4.69) is 4.74 Å². The second kappa shape index (κ2) is 5.91. The highest BCUT2D eigenvalue weighted by atomic mass is 127. The molecule has 0 saturated carbocycles. The zero-order valence-corrected chi connectivity index (χ0v) is 11.0. The monoisotopic (exact) mass is 351 g/mol. The number of benzene rings is 1. The number of nitriles is 1. The molecule has 1 aromatic carbocycles. The highest BCUT2D eigenvalue weighted by molar-refractivity contribution is 14.1. The Morgan fingerprint density at radius 2 is 2.24 bits per heavy atom. The van der Waals surface area contributed by atoms with Gasteiger partial charge >= 0.3 is 5.97 Å². The summed E-state index contributed by atoms with van der Waals surface area (Å²) in [6.45, 7) is 1.64. The zero-order valence-electron chi connectivity index (χ0n) is 8.84. The molecule has 0 spiro atoms. The van der Waals surface area contributed by atoms with Crippen molar-refractivity contribution in [3.05, 3.63) is 32.4 Å². The van der Waals surface area contributed by atoms with Gasteiger partial charge in [-0.15, -0.1) is 0 Å². The number of nitrogens with zero attached hydrogens (tertiary/aromatic N) is 1. The summed E-state index contributed by atoms with van der Waals surface area (Å²) in [6, 6.07) is 4.43. The highest BCUT2D eigenvalue weighted by Crippen LogP contribution is 2.30. The molecular weight excluding hydrogens is 343 g/mol. The first kappa shape index (κ1) is 13.8. The molecule has 1 rings (SSSR count). The Balaban J connectivity index is 3.47. The molecule has 0 saturated heterocycles. The predicted octanol–water partition coefficient (Wildman–Crippen LogP) is 3.28. The molecule has 0 aliphatic carbocycles. The summed E-state index contributed by atoms with van der Waals surface area (Å²) in [5, 5.41) is 8.83. The van der Waals surface area contributed by atoms with Crippen molar-refractivity contribution in [3.8, 4) is 6.07 Å². The first-order chi connectivity index (χ1) is 8.02. The number of carbonyl (C=O) groups excluding carboxylic acids is 1. The van der Waals surface area contributed by atoms with Crippen LogP contribution in [0.25, 0.3) is 0 Å². The molecule has 17 heavy (non-hydrogen) atoms. The van der Waals surface area contributed by atoms with E-state index in [0.717, 1.165) is 0 Å². The van der Waals surface area contributed by atoms with E-state index in [1.807, 2.05) is 0 Å². The Bertz CT molecular complexity index is 483. The highest BCUT2D eigenvalue weighted by Gasteiger charge is 2.25. The van der Waals surface area contributed by atoms with Crippen molar-refractivity contribution < 1.29 is 18.3 Å². The quantitative estimate of drug-likeness (QED) is 0.620. The fraction of sp³-hybridized carbons (Fsp3) is 0.273. The summed E-state index contributed by atoms with van der Waals surface area (Å²) in [4.78, 5) is 11.6. The minimum absolute atomic E-state index is 0.0673. The molecule has 0 radical (unpaired) electrons. The molecule has 0 fully saturated rings. The van der Waals surface area contributed by atoms with Crippen molar-refractivity contribution >= 4 is 28.6 Å². The first-order valence-corrected chi connectivity index (χ1v) is 5.78. The third-order valence-corrected chi connectivity index (χ3v) is 2.95. The van der Waals surface area contributed by atoms with Gasteiger partial charge in [-0.3, -0.25) is 0 Å². The lowest BCUT2D eigenvalue weighted by atomic mass is 10.0. The van der Waals surface area contributed by atoms with Gasteiger partial charge in [-0.25, -0.2) is 13.6 Å². The number of hydrogen-bond acceptors (Lipinski definition) is 3. The van der Waals surface area contributed by atoms with Gasteiger partial charge in [-0.1, -0.05) is 0 Å². The van der Waals surface area contributed by atoms with Gasteiger partial charge in [0.25, 0.3) is 6.43 Å². The molecule has 0 N–H and O–H groups in total. The van der Waals surface area contributed by atoms with Gasteiger partial charge in [-0.05, 0) is 41.6 Å². The maximum atomic E-state index is 12.9. The number of ether oxygens (including phenoxy) is 1. The molecule has 0 bridgehead atoms. The van der Waals surface area contributed by atoms with E-state index in [1.54, 1.807) is 35.6 Å². The van der Waals surface area contributed by atoms with Crippen LogP contribution >= 0.6 is 22.6 Å². The third kappa shape index (κ3) is 2.91. The van der Waals surface area contributed by atoms with E-state index in [0.29, 0.717) is 0 Å². The Morgan fingerprint density at radius 1 is 1.59 bits per heavy atom. The number of rotatable bonds is 3. The molecule has 0 amide bonds. The van der Waals surface area contributed by atoms with Crippen LogP contribution in [-0.2, 0) is 4.74 Å². The molecule has 0 heterocycles. The van der Waals surface area contributed by atoms with Crippen LogP contribution in [0.4, 0.5) is 8.78 Å². The van der Waals surface area contributed by atoms with Crippen molar-refractivity contribution in [2.75, 3.05) is 6.61 Å². The van der Waals surface area contributed by atoms with Gasteiger partial charge in [0.05, 0.1) is 17.7 Å². The number of esters is 1. The van der Waals surface area contributed by atoms with E-state index in [4.69, 9.17) is 5.26 Å². The summed E-state index contributed by atoms with van der Waals surface area (Å²) in [7, 11) is 0. The fourth-order valence-corrected chi connectivity index (χ4v) is 2.01. The van der Waals surface area contributed by atoms with Gasteiger partial charge in [0.15, 0.2) is 0 Å². The Hall–Kier alpha value is -1.23. The molecule has 0 aromatic heterocycles. The Morgan fingerprint density at radius 3 is 2.71 bits per heavy atom. The molecule has 0 unspecified atom stereocenters. The van der Waals surface area contributed by atoms with Crippen LogP contribution in [0.2, 0.25) is 0 Å². The van der Waals surface area contributed by atoms with Crippen LogP contribution in [0, 0.1) is 14.9 Å². The van der Waals surface area contributed by atoms with Crippen molar-refractivity contribution in [1.82, 2.24) is 0 Å². The van der Waals surface area contributed by atoms with Crippen molar-refractivity contribution in [2.24, 2.45) is 0 Å². The Kier molecular flexibility index (Phi) is 4.81. The van der Waals surface area contributed by atoms with Crippen LogP contribution in [-0.4, -0.2) is 12.6 Å². The average Bonchev–Trinajstić information content (AvgIpc) is 2.28. The van der Waals surface area contributed by atoms with Crippen LogP contribution in [0.3, 0.4) is 0 Å². The Labute approximate surface area is 111 Å². The fourth-order valence-electron chi connectivity index (χ4n) is 1.32. The van der Waals surface area contributed by atoms with Gasteiger partial charge in [0, 0.05) is 9.13 Å². The number of alkyl halides is 2. The smallest absolute Gasteiger partial charge is 0.340 e. The number of halogens is 3. The van der Waals surface area contributed by atoms with Gasteiger partial charge < -0.3 is 4.74 Å². The second-order valence-electron chi connectivity index (χ2n) is 3.02. The SMILES string of the molecule is CCOC(=O)c1c(C#N)ccc(I)c1C(F)F. The lowest BCUT2D eigenvalue weighted by Gasteiger charge is -2.11. The van der Waals surface area contributed by atoms with Gasteiger partial charge in [-0.2, -0.15) is 5.26 Å². The van der Waals surface area contributed by atoms with E-state index in [-0.39, 0.29) is 21.3 Å². The van der Waals surface area contributed by atoms with Crippen LogP contribution < -0.4 is 0 Å². The zero-order chi connectivity index (χ0) is 13.0. The third-order valence-electron chi connectivity index (χ3n) is 2.01. The molecule has 0 atom stereocenters. The standard InChI is InChI=1S/C11H8F2INO2/c1-2-17-11(16)8-6(5-15)3-4-7(14)9(8)10(12)13/h3-4,10H,2H2,1H3. The lowest BCUT2D eigenvalue weighted by molar-refractivity contribution is 0.0514. The van der Waals surface area contributed by atoms with Gasteiger partial charge in [0.2, 0.25) is 0 Å². The normalized spacial score (nSPS) is 10.1. The maximum absolute atomic E-state index is 12.9. The summed E-state index contributed by atoms with van der Waals surface area (Å²) in [5.41, 5.74) is -0.876. The lowest BCUT2D eigenvalue weighted by Crippen LogP contribution is -2.12. The van der Waals surface area contributed by atoms with Crippen LogP contribution in [0.1, 0.15) is 34.8 Å². The first-order valence-electron chi connectivity index (χ1n) is 4.70. The average molecular weight is 351 g/mol. The van der Waals surface area contributed by atoms with Crippen LogP contribution in [0.15, 0.2) is 12.1 Å². The molecule has 90 valence electrons. The summed E-state index contributed by atoms with van der Waals surface area (Å²) in [5.74, 6) is -0.891. The van der Waals surface area contributed by atoms with Gasteiger partial charge in [0.1, 0.15) is 6.07 Å². The number of hydrogen-bond donors (Lipinski definition) is 0. The molecule has 6 heteroatoms. The summed E-state index contributed by atoms with van der Waals surface area (Å²) >= 11 is 1.70. The minimum atomic E-state index is -2.82. The van der Waals surface area contributed by atoms with Crippen LogP contribution in [0.5, 0.6) is 0 Å². The van der Waals surface area contributed by atoms with Crippen molar-refractivity contribution in [3.63, 3.8) is 0 Å².